The molecule has 1 N–H and O–H groups in total. The van der Waals surface area contributed by atoms with Crippen LogP contribution in [0.2, 0.25) is 0 Å². The molecule has 0 fully saturated rings. The van der Waals surface area contributed by atoms with Crippen LogP contribution in [-0.4, -0.2) is 10.7 Å². The van der Waals surface area contributed by atoms with Crippen molar-refractivity contribution in [2.24, 2.45) is 5.10 Å². The molecular weight excluding hydrogens is 410 g/mol. The highest BCUT2D eigenvalue weighted by Crippen LogP contribution is 2.40. The predicted octanol–water partition coefficient (Wildman–Crippen LogP) is 7.32. The number of hydrazone groups is 1. The Balaban J connectivity index is 1.43. The molecular formula is C28H19N3S. The van der Waals surface area contributed by atoms with Crippen molar-refractivity contribution in [3.63, 3.8) is 0 Å². The van der Waals surface area contributed by atoms with Crippen LogP contribution in [0.25, 0.3) is 32.8 Å². The summed E-state index contributed by atoms with van der Waals surface area (Å²) in [7, 11) is 0. The van der Waals surface area contributed by atoms with Crippen LogP contribution < -0.4 is 5.43 Å². The molecule has 0 bridgehead atoms. The lowest BCUT2D eigenvalue weighted by atomic mass is 10.1. The molecule has 0 aliphatic heterocycles. The molecule has 0 spiro atoms. The summed E-state index contributed by atoms with van der Waals surface area (Å²) in [5, 5.41) is 5.61. The Labute approximate surface area is 190 Å². The lowest BCUT2D eigenvalue weighted by molar-refractivity contribution is 1.28. The number of hydrogen-bond donors (Lipinski definition) is 1. The maximum absolute atomic E-state index is 4.93. The Morgan fingerprint density at radius 2 is 1.06 bits per heavy atom. The van der Waals surface area contributed by atoms with E-state index in [4.69, 9.17) is 10.1 Å². The smallest absolute Gasteiger partial charge is 0.204 e. The lowest BCUT2D eigenvalue weighted by Crippen LogP contribution is -2.02. The lowest BCUT2D eigenvalue weighted by Gasteiger charge is -2.02. The van der Waals surface area contributed by atoms with Crippen LogP contribution in [0, 0.1) is 0 Å². The fourth-order valence-corrected chi connectivity index (χ4v) is 5.10. The first kappa shape index (κ1) is 18.7. The van der Waals surface area contributed by atoms with Gasteiger partial charge in [-0.1, -0.05) is 121 Å². The number of fused-ring (bicyclic) bond motifs is 3. The Hall–Kier alpha value is -4.02. The SMILES string of the molecule is c1ccc(-c2nc(NN=C3c4ccccc4-c4ccccc43)sc2-c2ccccc2)cc1. The third-order valence-corrected chi connectivity index (χ3v) is 6.64. The summed E-state index contributed by atoms with van der Waals surface area (Å²) in [5.74, 6) is 0. The average molecular weight is 430 g/mol. The quantitative estimate of drug-likeness (QED) is 0.298. The summed E-state index contributed by atoms with van der Waals surface area (Å²) in [5.41, 5.74) is 12.2. The highest BCUT2D eigenvalue weighted by molar-refractivity contribution is 7.19. The van der Waals surface area contributed by atoms with Crippen LogP contribution in [0.1, 0.15) is 11.1 Å². The van der Waals surface area contributed by atoms with E-state index in [9.17, 15) is 0 Å². The van der Waals surface area contributed by atoms with Crippen molar-refractivity contribution in [2.45, 2.75) is 0 Å². The molecule has 0 unspecified atom stereocenters. The summed E-state index contributed by atoms with van der Waals surface area (Å²) in [4.78, 5) is 6.06. The van der Waals surface area contributed by atoms with Crippen molar-refractivity contribution in [3.05, 3.63) is 120 Å². The van der Waals surface area contributed by atoms with Crippen molar-refractivity contribution in [1.29, 1.82) is 0 Å². The van der Waals surface area contributed by atoms with Gasteiger partial charge >= 0.3 is 0 Å². The predicted molar refractivity (Wildman–Crippen MR) is 134 cm³/mol. The van der Waals surface area contributed by atoms with Gasteiger partial charge in [0.05, 0.1) is 16.3 Å². The van der Waals surface area contributed by atoms with E-state index < -0.39 is 0 Å². The van der Waals surface area contributed by atoms with Crippen molar-refractivity contribution in [1.82, 2.24) is 4.98 Å². The number of rotatable bonds is 4. The van der Waals surface area contributed by atoms with Gasteiger partial charge in [-0.25, -0.2) is 4.98 Å². The zero-order valence-electron chi connectivity index (χ0n) is 17.2. The molecule has 0 atom stereocenters. The van der Waals surface area contributed by atoms with Crippen LogP contribution in [-0.2, 0) is 0 Å². The molecule has 0 saturated heterocycles. The van der Waals surface area contributed by atoms with Gasteiger partial charge in [0.25, 0.3) is 0 Å². The molecule has 3 nitrogen and oxygen atoms in total. The summed E-state index contributed by atoms with van der Waals surface area (Å²) in [6, 6.07) is 37.5. The Morgan fingerprint density at radius 3 is 1.66 bits per heavy atom. The number of anilines is 1. The van der Waals surface area contributed by atoms with E-state index >= 15 is 0 Å². The topological polar surface area (TPSA) is 37.3 Å². The van der Waals surface area contributed by atoms with Gasteiger partial charge in [-0.3, -0.25) is 5.43 Å². The summed E-state index contributed by atoms with van der Waals surface area (Å²) in [6.45, 7) is 0. The maximum atomic E-state index is 4.93. The van der Waals surface area contributed by atoms with Gasteiger partial charge in [-0.05, 0) is 16.7 Å². The number of aromatic nitrogens is 1. The second-order valence-corrected chi connectivity index (χ2v) is 8.59. The van der Waals surface area contributed by atoms with Gasteiger partial charge in [0.15, 0.2) is 0 Å². The van der Waals surface area contributed by atoms with Gasteiger partial charge in [0.1, 0.15) is 0 Å². The second kappa shape index (κ2) is 7.91. The fourth-order valence-electron chi connectivity index (χ4n) is 4.16. The number of nitrogens with zero attached hydrogens (tertiary/aromatic N) is 2. The van der Waals surface area contributed by atoms with Crippen LogP contribution >= 0.6 is 11.3 Å². The first-order valence-corrected chi connectivity index (χ1v) is 11.3. The highest BCUT2D eigenvalue weighted by atomic mass is 32.1. The van der Waals surface area contributed by atoms with Crippen LogP contribution in [0.4, 0.5) is 5.13 Å². The van der Waals surface area contributed by atoms with Crippen LogP contribution in [0.5, 0.6) is 0 Å². The van der Waals surface area contributed by atoms with E-state index in [0.717, 1.165) is 43.7 Å². The van der Waals surface area contributed by atoms with E-state index in [1.165, 1.54) is 11.1 Å². The molecule has 152 valence electrons. The highest BCUT2D eigenvalue weighted by Gasteiger charge is 2.24. The summed E-state index contributed by atoms with van der Waals surface area (Å²) < 4.78 is 0. The summed E-state index contributed by atoms with van der Waals surface area (Å²) >= 11 is 1.62. The monoisotopic (exact) mass is 429 g/mol. The minimum absolute atomic E-state index is 0.775. The van der Waals surface area contributed by atoms with E-state index in [-0.39, 0.29) is 0 Å². The molecule has 0 saturated carbocycles. The van der Waals surface area contributed by atoms with E-state index in [1.54, 1.807) is 11.3 Å². The molecule has 0 amide bonds. The molecule has 5 aromatic rings. The first-order chi connectivity index (χ1) is 15.9. The van der Waals surface area contributed by atoms with E-state index in [1.807, 2.05) is 24.3 Å². The van der Waals surface area contributed by atoms with E-state index in [2.05, 4.69) is 90.4 Å². The Morgan fingerprint density at radius 1 is 0.562 bits per heavy atom. The Kier molecular flexibility index (Phi) is 4.63. The molecule has 32 heavy (non-hydrogen) atoms. The normalized spacial score (nSPS) is 11.7. The van der Waals surface area contributed by atoms with Crippen LogP contribution in [0.15, 0.2) is 114 Å². The standard InChI is InChI=1S/C28H19N3S/c1-3-11-19(12-4-1)25-27(20-13-5-2-6-14-20)32-28(29-25)31-30-26-23-17-9-7-15-21(23)22-16-8-10-18-24(22)26/h1-18H,(H,29,31). The van der Waals surface area contributed by atoms with Crippen molar-refractivity contribution in [2.75, 3.05) is 5.43 Å². The minimum atomic E-state index is 0.775. The number of benzene rings is 4. The molecule has 1 aliphatic rings. The van der Waals surface area contributed by atoms with Crippen molar-refractivity contribution < 1.29 is 0 Å². The zero-order valence-corrected chi connectivity index (χ0v) is 18.0. The van der Waals surface area contributed by atoms with Gasteiger partial charge < -0.3 is 0 Å². The van der Waals surface area contributed by atoms with Gasteiger partial charge in [-0.15, -0.1) is 0 Å². The van der Waals surface area contributed by atoms with Crippen LogP contribution in [0.3, 0.4) is 0 Å². The Bertz CT molecular complexity index is 1330. The third-order valence-electron chi connectivity index (χ3n) is 5.63. The summed E-state index contributed by atoms with van der Waals surface area (Å²) in [6.07, 6.45) is 0. The zero-order chi connectivity index (χ0) is 21.3. The molecule has 4 heteroatoms. The second-order valence-electron chi connectivity index (χ2n) is 7.59. The molecule has 4 aromatic carbocycles. The van der Waals surface area contributed by atoms with Gasteiger partial charge in [0.2, 0.25) is 5.13 Å². The van der Waals surface area contributed by atoms with Gasteiger partial charge in [-0.2, -0.15) is 5.10 Å². The third kappa shape index (κ3) is 3.22. The molecule has 1 heterocycles. The number of hydrogen-bond acceptors (Lipinski definition) is 4. The molecule has 6 rings (SSSR count). The molecule has 1 aliphatic carbocycles. The molecule has 0 radical (unpaired) electrons. The van der Waals surface area contributed by atoms with Crippen molar-refractivity contribution in [3.8, 4) is 32.8 Å². The average Bonchev–Trinajstić information content (AvgIpc) is 3.43. The van der Waals surface area contributed by atoms with Gasteiger partial charge in [0, 0.05) is 16.7 Å². The number of thiazole rings is 1. The number of nitrogens with one attached hydrogen (secondary N) is 1. The minimum Gasteiger partial charge on any atom is -0.252 e. The fraction of sp³-hybridized carbons (Fsp3) is 0. The first-order valence-electron chi connectivity index (χ1n) is 10.5. The molecule has 1 aromatic heterocycles. The largest absolute Gasteiger partial charge is 0.252 e. The van der Waals surface area contributed by atoms with E-state index in [0.29, 0.717) is 0 Å². The maximum Gasteiger partial charge on any atom is 0.204 e. The van der Waals surface area contributed by atoms with Crippen molar-refractivity contribution >= 4 is 22.2 Å².